The summed E-state index contributed by atoms with van der Waals surface area (Å²) in [5, 5.41) is 0. The fourth-order valence-corrected chi connectivity index (χ4v) is 3.55. The molecule has 6 nitrogen and oxygen atoms in total. The average molecular weight is 326 g/mol. The van der Waals surface area contributed by atoms with Crippen LogP contribution >= 0.6 is 0 Å². The Balaban J connectivity index is 2.02. The van der Waals surface area contributed by atoms with Crippen molar-refractivity contribution in [3.8, 4) is 0 Å². The molecule has 1 fully saturated rings. The molecule has 0 radical (unpaired) electrons. The third-order valence-corrected chi connectivity index (χ3v) is 5.10. The van der Waals surface area contributed by atoms with Gasteiger partial charge in [-0.3, -0.25) is 0 Å². The quantitative estimate of drug-likeness (QED) is 0.914. The first-order valence-corrected chi connectivity index (χ1v) is 8.78. The molecule has 1 atom stereocenters. The maximum absolute atomic E-state index is 12.2. The van der Waals surface area contributed by atoms with Crippen LogP contribution in [0.25, 0.3) is 0 Å². The van der Waals surface area contributed by atoms with Gasteiger partial charge in [0.1, 0.15) is 0 Å². The fraction of sp³-hybridized carbons (Fsp3) is 0.533. The lowest BCUT2D eigenvalue weighted by atomic mass is 9.99. The summed E-state index contributed by atoms with van der Waals surface area (Å²) in [6.07, 6.45) is 1.84. The van der Waals surface area contributed by atoms with Gasteiger partial charge in [-0.2, -0.15) is 0 Å². The Morgan fingerprint density at radius 3 is 2.68 bits per heavy atom. The van der Waals surface area contributed by atoms with Crippen molar-refractivity contribution in [3.05, 3.63) is 29.8 Å². The highest BCUT2D eigenvalue weighted by molar-refractivity contribution is 7.90. The molecule has 1 N–H and O–H groups in total. The van der Waals surface area contributed by atoms with E-state index >= 15 is 0 Å². The van der Waals surface area contributed by atoms with E-state index in [1.54, 1.807) is 24.1 Å². The van der Waals surface area contributed by atoms with Crippen LogP contribution in [0.15, 0.2) is 29.2 Å². The van der Waals surface area contributed by atoms with Gasteiger partial charge in [-0.15, -0.1) is 0 Å². The molecule has 7 heteroatoms. The van der Waals surface area contributed by atoms with Crippen LogP contribution in [0.2, 0.25) is 0 Å². The number of likely N-dealkylation sites (tertiary alicyclic amines) is 1. The second-order valence-corrected chi connectivity index (χ2v) is 7.32. The molecule has 0 saturated carbocycles. The minimum absolute atomic E-state index is 0.0944. The molecule has 122 valence electrons. The predicted molar refractivity (Wildman–Crippen MR) is 83.1 cm³/mol. The van der Waals surface area contributed by atoms with Gasteiger partial charge in [0.2, 0.25) is 0 Å². The van der Waals surface area contributed by atoms with Crippen molar-refractivity contribution in [1.29, 1.82) is 0 Å². The fourth-order valence-electron chi connectivity index (χ4n) is 2.58. The summed E-state index contributed by atoms with van der Waals surface area (Å²) in [4.78, 5) is 13.8. The molecule has 0 aliphatic carbocycles. The summed E-state index contributed by atoms with van der Waals surface area (Å²) in [5.41, 5.74) is 0.962. The molecule has 2 rings (SSSR count). The van der Waals surface area contributed by atoms with E-state index in [1.807, 2.05) is 6.92 Å². The van der Waals surface area contributed by atoms with Gasteiger partial charge in [0.05, 0.1) is 11.5 Å². The van der Waals surface area contributed by atoms with E-state index in [9.17, 15) is 13.2 Å². The van der Waals surface area contributed by atoms with Crippen LogP contribution in [0.5, 0.6) is 0 Å². The number of hydrogen-bond donors (Lipinski definition) is 1. The summed E-state index contributed by atoms with van der Waals surface area (Å²) >= 11 is 0. The first kappa shape index (κ1) is 16.8. The molecular weight excluding hydrogens is 304 g/mol. The maximum atomic E-state index is 12.2. The van der Waals surface area contributed by atoms with E-state index in [1.165, 1.54) is 12.1 Å². The number of benzene rings is 1. The van der Waals surface area contributed by atoms with Gasteiger partial charge in [-0.25, -0.2) is 17.9 Å². The zero-order chi connectivity index (χ0) is 16.2. The Labute approximate surface area is 131 Å². The van der Waals surface area contributed by atoms with Crippen LogP contribution in [0.4, 0.5) is 4.79 Å². The van der Waals surface area contributed by atoms with Crippen molar-refractivity contribution in [2.24, 2.45) is 5.92 Å². The van der Waals surface area contributed by atoms with Crippen LogP contribution in [0, 0.1) is 12.8 Å². The van der Waals surface area contributed by atoms with E-state index in [2.05, 4.69) is 4.72 Å². The van der Waals surface area contributed by atoms with Crippen molar-refractivity contribution >= 4 is 16.1 Å². The molecular formula is C15H22N2O4S. The minimum Gasteiger partial charge on any atom is -0.384 e. The van der Waals surface area contributed by atoms with Crippen LogP contribution in [-0.4, -0.2) is 46.2 Å². The zero-order valence-electron chi connectivity index (χ0n) is 12.9. The number of piperidine rings is 1. The Morgan fingerprint density at radius 1 is 1.36 bits per heavy atom. The highest BCUT2D eigenvalue weighted by Gasteiger charge is 2.26. The van der Waals surface area contributed by atoms with Crippen LogP contribution in [0.3, 0.4) is 0 Å². The summed E-state index contributed by atoms with van der Waals surface area (Å²) < 4.78 is 31.7. The molecule has 1 saturated heterocycles. The Kier molecular flexibility index (Phi) is 5.42. The molecule has 22 heavy (non-hydrogen) atoms. The van der Waals surface area contributed by atoms with Crippen LogP contribution in [-0.2, 0) is 14.8 Å². The molecule has 1 aliphatic rings. The van der Waals surface area contributed by atoms with Crippen LogP contribution in [0.1, 0.15) is 18.4 Å². The molecule has 1 heterocycles. The first-order valence-electron chi connectivity index (χ1n) is 7.29. The number of aryl methyl sites for hydroxylation is 1. The first-order chi connectivity index (χ1) is 10.4. The molecule has 1 aromatic carbocycles. The van der Waals surface area contributed by atoms with E-state index in [0.29, 0.717) is 19.7 Å². The Morgan fingerprint density at radius 2 is 2.05 bits per heavy atom. The largest absolute Gasteiger partial charge is 0.384 e. The van der Waals surface area contributed by atoms with Crippen molar-refractivity contribution in [1.82, 2.24) is 9.62 Å². The topological polar surface area (TPSA) is 75.7 Å². The number of nitrogens with zero attached hydrogens (tertiary/aromatic N) is 1. The normalized spacial score (nSPS) is 19.0. The number of rotatable bonds is 4. The van der Waals surface area contributed by atoms with Crippen molar-refractivity contribution in [2.75, 3.05) is 26.8 Å². The van der Waals surface area contributed by atoms with Crippen LogP contribution < -0.4 is 4.72 Å². The number of carbonyl (C=O) groups excluding carboxylic acids is 1. The summed E-state index contributed by atoms with van der Waals surface area (Å²) in [7, 11) is -2.20. The summed E-state index contributed by atoms with van der Waals surface area (Å²) in [6.45, 7) is 3.53. The third kappa shape index (κ3) is 4.20. The second-order valence-electron chi connectivity index (χ2n) is 5.63. The second kappa shape index (κ2) is 7.11. The molecule has 1 aliphatic heterocycles. The van der Waals surface area contributed by atoms with Gasteiger partial charge in [0.15, 0.2) is 0 Å². The van der Waals surface area contributed by atoms with Crippen molar-refractivity contribution in [2.45, 2.75) is 24.7 Å². The molecule has 0 bridgehead atoms. The van der Waals surface area contributed by atoms with E-state index in [4.69, 9.17) is 4.74 Å². The van der Waals surface area contributed by atoms with Gasteiger partial charge in [0, 0.05) is 26.1 Å². The van der Waals surface area contributed by atoms with Gasteiger partial charge >= 0.3 is 6.03 Å². The van der Waals surface area contributed by atoms with Crippen molar-refractivity contribution < 1.29 is 17.9 Å². The number of nitrogens with one attached hydrogen (secondary N) is 1. The van der Waals surface area contributed by atoms with Crippen molar-refractivity contribution in [3.63, 3.8) is 0 Å². The standard InChI is InChI=1S/C15H22N2O4S/c1-12-5-7-14(8-6-12)22(19,20)16-15(18)17-9-3-4-13(10-17)11-21-2/h5-8,13H,3-4,9-11H2,1-2H3,(H,16,18). The van der Waals surface area contributed by atoms with E-state index in [0.717, 1.165) is 18.4 Å². The number of amides is 2. The molecule has 0 aromatic heterocycles. The summed E-state index contributed by atoms with van der Waals surface area (Å²) in [6, 6.07) is 5.83. The Hall–Kier alpha value is -1.60. The predicted octanol–water partition coefficient (Wildman–Crippen LogP) is 1.75. The number of carbonyl (C=O) groups is 1. The Bertz CT molecular complexity index is 611. The molecule has 1 unspecified atom stereocenters. The SMILES string of the molecule is COCC1CCCN(C(=O)NS(=O)(=O)c2ccc(C)cc2)C1. The van der Waals surface area contributed by atoms with E-state index < -0.39 is 16.1 Å². The van der Waals surface area contributed by atoms with Gasteiger partial charge in [0.25, 0.3) is 10.0 Å². The highest BCUT2D eigenvalue weighted by atomic mass is 32.2. The van der Waals surface area contributed by atoms with Gasteiger partial charge in [-0.1, -0.05) is 17.7 Å². The lowest BCUT2D eigenvalue weighted by molar-refractivity contribution is 0.102. The number of sulfonamides is 1. The number of ether oxygens (including phenoxy) is 1. The summed E-state index contributed by atoms with van der Waals surface area (Å²) in [5.74, 6) is 0.256. The molecule has 0 spiro atoms. The van der Waals surface area contributed by atoms with E-state index in [-0.39, 0.29) is 10.8 Å². The molecule has 1 aromatic rings. The lowest BCUT2D eigenvalue weighted by Gasteiger charge is -2.32. The van der Waals surface area contributed by atoms with Gasteiger partial charge in [-0.05, 0) is 31.9 Å². The zero-order valence-corrected chi connectivity index (χ0v) is 13.7. The number of hydrogen-bond acceptors (Lipinski definition) is 4. The number of methoxy groups -OCH3 is 1. The monoisotopic (exact) mass is 326 g/mol. The third-order valence-electron chi connectivity index (χ3n) is 3.76. The minimum atomic E-state index is -3.83. The lowest BCUT2D eigenvalue weighted by Crippen LogP contribution is -2.47. The highest BCUT2D eigenvalue weighted by Crippen LogP contribution is 2.17. The number of urea groups is 1. The molecule has 2 amide bonds. The average Bonchev–Trinajstić information content (AvgIpc) is 2.48. The van der Waals surface area contributed by atoms with Gasteiger partial charge < -0.3 is 9.64 Å². The maximum Gasteiger partial charge on any atom is 0.331 e. The smallest absolute Gasteiger partial charge is 0.331 e.